The van der Waals surface area contributed by atoms with Crippen LogP contribution in [0.2, 0.25) is 0 Å². The van der Waals surface area contributed by atoms with Crippen LogP contribution in [-0.4, -0.2) is 12.4 Å². The first-order chi connectivity index (χ1) is 9.15. The Morgan fingerprint density at radius 1 is 1.16 bits per heavy atom. The standard InChI is InChI=1S/C16H15FO2/c1-12-7-8-14(17)10-16(12)19-11-15(18)9-13-5-3-2-4-6-13/h2-8,10H,9,11H2,1H3. The van der Waals surface area contributed by atoms with Crippen molar-refractivity contribution in [2.75, 3.05) is 6.61 Å². The molecule has 2 rings (SSSR count). The average Bonchev–Trinajstić information content (AvgIpc) is 2.41. The summed E-state index contributed by atoms with van der Waals surface area (Å²) in [4.78, 5) is 11.8. The third kappa shape index (κ3) is 3.91. The maximum Gasteiger partial charge on any atom is 0.174 e. The Hall–Kier alpha value is -2.16. The van der Waals surface area contributed by atoms with Crippen LogP contribution in [0.1, 0.15) is 11.1 Å². The molecule has 2 nitrogen and oxygen atoms in total. The number of ether oxygens (including phenoxy) is 1. The second kappa shape index (κ2) is 6.14. The Labute approximate surface area is 111 Å². The van der Waals surface area contributed by atoms with Gasteiger partial charge in [-0.2, -0.15) is 0 Å². The highest BCUT2D eigenvalue weighted by molar-refractivity contribution is 5.82. The van der Waals surface area contributed by atoms with Crippen molar-refractivity contribution in [2.45, 2.75) is 13.3 Å². The summed E-state index contributed by atoms with van der Waals surface area (Å²) in [6.07, 6.45) is 0.329. The molecule has 19 heavy (non-hydrogen) atoms. The molecule has 0 bridgehead atoms. The Balaban J connectivity index is 1.92. The first-order valence-corrected chi connectivity index (χ1v) is 6.10. The predicted molar refractivity (Wildman–Crippen MR) is 71.8 cm³/mol. The minimum atomic E-state index is -0.365. The highest BCUT2D eigenvalue weighted by atomic mass is 19.1. The third-order valence-electron chi connectivity index (χ3n) is 2.78. The maximum atomic E-state index is 13.1. The molecule has 98 valence electrons. The number of halogens is 1. The van der Waals surface area contributed by atoms with Gasteiger partial charge in [-0.25, -0.2) is 4.39 Å². The molecule has 0 saturated heterocycles. The fourth-order valence-corrected chi connectivity index (χ4v) is 1.76. The van der Waals surface area contributed by atoms with Crippen LogP contribution in [0.25, 0.3) is 0 Å². The normalized spacial score (nSPS) is 10.2. The second-order valence-corrected chi connectivity index (χ2v) is 4.40. The van der Waals surface area contributed by atoms with Crippen LogP contribution < -0.4 is 4.74 Å². The van der Waals surface area contributed by atoms with Crippen LogP contribution in [0.15, 0.2) is 48.5 Å². The van der Waals surface area contributed by atoms with E-state index < -0.39 is 0 Å². The molecule has 0 aromatic heterocycles. The van der Waals surface area contributed by atoms with Gasteiger partial charge in [0.2, 0.25) is 0 Å². The van der Waals surface area contributed by atoms with Crippen LogP contribution >= 0.6 is 0 Å². The minimum absolute atomic E-state index is 0.0325. The number of carbonyl (C=O) groups excluding carboxylic acids is 1. The number of hydrogen-bond acceptors (Lipinski definition) is 2. The van der Waals surface area contributed by atoms with Gasteiger partial charge in [-0.05, 0) is 24.1 Å². The number of rotatable bonds is 5. The zero-order valence-electron chi connectivity index (χ0n) is 10.7. The number of carbonyl (C=O) groups is 1. The zero-order chi connectivity index (χ0) is 13.7. The molecule has 0 fully saturated rings. The van der Waals surface area contributed by atoms with Gasteiger partial charge in [-0.1, -0.05) is 36.4 Å². The van der Waals surface area contributed by atoms with Crippen LogP contribution in [0, 0.1) is 12.7 Å². The molecule has 0 radical (unpaired) electrons. The van der Waals surface area contributed by atoms with Gasteiger partial charge in [0, 0.05) is 12.5 Å². The lowest BCUT2D eigenvalue weighted by molar-refractivity contribution is -0.120. The van der Waals surface area contributed by atoms with E-state index in [9.17, 15) is 9.18 Å². The molecule has 2 aromatic carbocycles. The van der Waals surface area contributed by atoms with Gasteiger partial charge in [0.05, 0.1) is 0 Å². The van der Waals surface area contributed by atoms with Gasteiger partial charge in [0.25, 0.3) is 0 Å². The molecule has 0 N–H and O–H groups in total. The van der Waals surface area contributed by atoms with Crippen LogP contribution in [0.4, 0.5) is 4.39 Å². The number of Topliss-reactive ketones (excluding diaryl/α,β-unsaturated/α-hetero) is 1. The van der Waals surface area contributed by atoms with Crippen LogP contribution in [-0.2, 0) is 11.2 Å². The molecule has 0 atom stereocenters. The van der Waals surface area contributed by atoms with E-state index in [1.165, 1.54) is 12.1 Å². The number of ketones is 1. The van der Waals surface area contributed by atoms with Crippen LogP contribution in [0.5, 0.6) is 5.75 Å². The summed E-state index contributed by atoms with van der Waals surface area (Å²) in [5.41, 5.74) is 1.76. The lowest BCUT2D eigenvalue weighted by Crippen LogP contribution is -2.14. The van der Waals surface area contributed by atoms with Gasteiger partial charge >= 0.3 is 0 Å². The first-order valence-electron chi connectivity index (χ1n) is 6.10. The Kier molecular flexibility index (Phi) is 4.29. The lowest BCUT2D eigenvalue weighted by Gasteiger charge is -2.08. The minimum Gasteiger partial charge on any atom is -0.485 e. The molecule has 2 aromatic rings. The van der Waals surface area contributed by atoms with Crippen molar-refractivity contribution in [3.63, 3.8) is 0 Å². The molecule has 3 heteroatoms. The maximum absolute atomic E-state index is 13.1. The molecule has 0 aliphatic carbocycles. The molecule has 0 heterocycles. The molecule has 0 amide bonds. The largest absolute Gasteiger partial charge is 0.485 e. The smallest absolute Gasteiger partial charge is 0.174 e. The number of hydrogen-bond donors (Lipinski definition) is 0. The summed E-state index contributed by atoms with van der Waals surface area (Å²) in [6.45, 7) is 1.77. The van der Waals surface area contributed by atoms with Gasteiger partial charge in [-0.15, -0.1) is 0 Å². The van der Waals surface area contributed by atoms with Crippen molar-refractivity contribution in [3.8, 4) is 5.75 Å². The Bertz CT molecular complexity index is 564. The van der Waals surface area contributed by atoms with E-state index in [-0.39, 0.29) is 18.2 Å². The van der Waals surface area contributed by atoms with Crippen molar-refractivity contribution in [1.82, 2.24) is 0 Å². The summed E-state index contributed by atoms with van der Waals surface area (Å²) in [7, 11) is 0. The summed E-state index contributed by atoms with van der Waals surface area (Å²) < 4.78 is 18.4. The van der Waals surface area contributed by atoms with E-state index in [1.54, 1.807) is 6.07 Å². The molecular formula is C16H15FO2. The highest BCUT2D eigenvalue weighted by Gasteiger charge is 2.07. The predicted octanol–water partition coefficient (Wildman–Crippen LogP) is 3.32. The zero-order valence-corrected chi connectivity index (χ0v) is 10.7. The second-order valence-electron chi connectivity index (χ2n) is 4.40. The lowest BCUT2D eigenvalue weighted by atomic mass is 10.1. The monoisotopic (exact) mass is 258 g/mol. The molecule has 0 unspecified atom stereocenters. The SMILES string of the molecule is Cc1ccc(F)cc1OCC(=O)Cc1ccccc1. The molecule has 0 spiro atoms. The summed E-state index contributed by atoms with van der Waals surface area (Å²) in [6, 6.07) is 13.8. The Morgan fingerprint density at radius 2 is 1.89 bits per heavy atom. The summed E-state index contributed by atoms with van der Waals surface area (Å²) in [5, 5.41) is 0. The average molecular weight is 258 g/mol. The topological polar surface area (TPSA) is 26.3 Å². The van der Waals surface area contributed by atoms with E-state index in [0.717, 1.165) is 11.1 Å². The highest BCUT2D eigenvalue weighted by Crippen LogP contribution is 2.18. The summed E-state index contributed by atoms with van der Waals surface area (Å²) in [5.74, 6) is 0.0207. The van der Waals surface area contributed by atoms with Crippen molar-refractivity contribution in [1.29, 1.82) is 0 Å². The van der Waals surface area contributed by atoms with Gasteiger partial charge in [-0.3, -0.25) is 4.79 Å². The van der Waals surface area contributed by atoms with Gasteiger partial charge < -0.3 is 4.74 Å². The van der Waals surface area contributed by atoms with Crippen molar-refractivity contribution >= 4 is 5.78 Å². The van der Waals surface area contributed by atoms with E-state index in [1.807, 2.05) is 37.3 Å². The fourth-order valence-electron chi connectivity index (χ4n) is 1.76. The van der Waals surface area contributed by atoms with Gasteiger partial charge in [0.15, 0.2) is 5.78 Å². The number of aryl methyl sites for hydroxylation is 1. The molecule has 0 saturated carbocycles. The van der Waals surface area contributed by atoms with Crippen molar-refractivity contribution in [3.05, 3.63) is 65.5 Å². The fraction of sp³-hybridized carbons (Fsp3) is 0.188. The van der Waals surface area contributed by atoms with Gasteiger partial charge in [0.1, 0.15) is 18.2 Å². The van der Waals surface area contributed by atoms with E-state index in [0.29, 0.717) is 12.2 Å². The van der Waals surface area contributed by atoms with E-state index in [2.05, 4.69) is 0 Å². The molecule has 0 aliphatic rings. The quantitative estimate of drug-likeness (QED) is 0.822. The Morgan fingerprint density at radius 3 is 2.63 bits per heavy atom. The van der Waals surface area contributed by atoms with Crippen molar-refractivity contribution in [2.24, 2.45) is 0 Å². The van der Waals surface area contributed by atoms with E-state index in [4.69, 9.17) is 4.74 Å². The number of benzene rings is 2. The van der Waals surface area contributed by atoms with Crippen molar-refractivity contribution < 1.29 is 13.9 Å². The molecular weight excluding hydrogens is 243 g/mol. The van der Waals surface area contributed by atoms with E-state index >= 15 is 0 Å². The molecule has 0 aliphatic heterocycles. The summed E-state index contributed by atoms with van der Waals surface area (Å²) >= 11 is 0. The van der Waals surface area contributed by atoms with Crippen LogP contribution in [0.3, 0.4) is 0 Å². The first kappa shape index (κ1) is 13.3. The third-order valence-corrected chi connectivity index (χ3v) is 2.78.